The lowest BCUT2D eigenvalue weighted by molar-refractivity contribution is -0.123. The van der Waals surface area contributed by atoms with Gasteiger partial charge in [0.15, 0.2) is 0 Å². The van der Waals surface area contributed by atoms with Gasteiger partial charge in [0, 0.05) is 19.5 Å². The Kier molecular flexibility index (Phi) is 3.33. The summed E-state index contributed by atoms with van der Waals surface area (Å²) in [5.41, 5.74) is 1.09. The topological polar surface area (TPSA) is 41.1 Å². The Hall–Kier alpha value is -0.940. The summed E-state index contributed by atoms with van der Waals surface area (Å²) in [6.45, 7) is 0.813. The lowest BCUT2D eigenvalue weighted by atomic mass is 10.2. The number of hydrogen-bond acceptors (Lipinski definition) is 3. The summed E-state index contributed by atoms with van der Waals surface area (Å²) in [4.78, 5) is 11.5. The van der Waals surface area contributed by atoms with Gasteiger partial charge in [0.25, 0.3) is 0 Å². The molecule has 0 saturated carbocycles. The maximum absolute atomic E-state index is 12.8. The van der Waals surface area contributed by atoms with Gasteiger partial charge in [-0.2, -0.15) is 11.3 Å². The summed E-state index contributed by atoms with van der Waals surface area (Å²) in [6.07, 6.45) is -0.600. The molecule has 0 spiro atoms. The van der Waals surface area contributed by atoms with Crippen LogP contribution in [0.4, 0.5) is 4.39 Å². The average molecular weight is 228 g/mol. The molecule has 15 heavy (non-hydrogen) atoms. The maximum atomic E-state index is 12.8. The summed E-state index contributed by atoms with van der Waals surface area (Å²) in [7, 11) is 0. The average Bonchev–Trinajstić information content (AvgIpc) is 2.84. The SMILES string of the molecule is O=C(NCc1ccsc1)[C@H]1C[C@H](F)CN1. The number of amides is 1. The monoisotopic (exact) mass is 228 g/mol. The summed E-state index contributed by atoms with van der Waals surface area (Å²) in [6, 6.07) is 1.60. The van der Waals surface area contributed by atoms with E-state index in [-0.39, 0.29) is 24.9 Å². The van der Waals surface area contributed by atoms with Gasteiger partial charge in [-0.05, 0) is 22.4 Å². The fraction of sp³-hybridized carbons (Fsp3) is 0.500. The second-order valence-electron chi connectivity index (χ2n) is 3.64. The third-order valence-corrected chi connectivity index (χ3v) is 3.17. The molecule has 1 aliphatic rings. The second-order valence-corrected chi connectivity index (χ2v) is 4.42. The summed E-state index contributed by atoms with van der Waals surface area (Å²) < 4.78 is 12.8. The van der Waals surface area contributed by atoms with Crippen molar-refractivity contribution in [2.45, 2.75) is 25.2 Å². The lowest BCUT2D eigenvalue weighted by Gasteiger charge is -2.09. The van der Waals surface area contributed by atoms with Crippen LogP contribution in [0.15, 0.2) is 16.8 Å². The van der Waals surface area contributed by atoms with E-state index in [2.05, 4.69) is 10.6 Å². The van der Waals surface area contributed by atoms with Crippen LogP contribution in [0.5, 0.6) is 0 Å². The molecule has 1 saturated heterocycles. The zero-order chi connectivity index (χ0) is 10.7. The third-order valence-electron chi connectivity index (χ3n) is 2.44. The zero-order valence-electron chi connectivity index (χ0n) is 8.20. The van der Waals surface area contributed by atoms with Gasteiger partial charge < -0.3 is 10.6 Å². The highest BCUT2D eigenvalue weighted by molar-refractivity contribution is 7.07. The quantitative estimate of drug-likeness (QED) is 0.812. The van der Waals surface area contributed by atoms with E-state index in [9.17, 15) is 9.18 Å². The van der Waals surface area contributed by atoms with Gasteiger partial charge in [-0.1, -0.05) is 0 Å². The number of halogens is 1. The van der Waals surface area contributed by atoms with Crippen LogP contribution in [0.1, 0.15) is 12.0 Å². The van der Waals surface area contributed by atoms with Crippen molar-refractivity contribution in [2.24, 2.45) is 0 Å². The van der Waals surface area contributed by atoms with Crippen molar-refractivity contribution in [3.63, 3.8) is 0 Å². The third kappa shape index (κ3) is 2.76. The standard InChI is InChI=1S/C10H13FN2OS/c11-8-3-9(12-5-8)10(14)13-4-7-1-2-15-6-7/h1-2,6,8-9,12H,3-5H2,(H,13,14)/t8-,9+/m0/s1. The smallest absolute Gasteiger partial charge is 0.237 e. The van der Waals surface area contributed by atoms with Crippen molar-refractivity contribution in [1.29, 1.82) is 0 Å². The van der Waals surface area contributed by atoms with Crippen LogP contribution >= 0.6 is 11.3 Å². The van der Waals surface area contributed by atoms with Gasteiger partial charge in [0.2, 0.25) is 5.91 Å². The summed E-state index contributed by atoms with van der Waals surface area (Å²) in [5, 5.41) is 9.59. The largest absolute Gasteiger partial charge is 0.351 e. The molecular weight excluding hydrogens is 215 g/mol. The second kappa shape index (κ2) is 4.72. The predicted molar refractivity (Wildman–Crippen MR) is 57.5 cm³/mol. The molecular formula is C10H13FN2OS. The molecule has 0 aliphatic carbocycles. The van der Waals surface area contributed by atoms with Crippen molar-refractivity contribution in [3.05, 3.63) is 22.4 Å². The van der Waals surface area contributed by atoms with E-state index in [4.69, 9.17) is 0 Å². The summed E-state index contributed by atoms with van der Waals surface area (Å²) >= 11 is 1.60. The normalized spacial score (nSPS) is 25.4. The molecule has 1 aliphatic heterocycles. The van der Waals surface area contributed by atoms with Gasteiger partial charge in [-0.3, -0.25) is 4.79 Å². The van der Waals surface area contributed by atoms with E-state index in [1.165, 1.54) is 0 Å². The summed E-state index contributed by atoms with van der Waals surface area (Å²) in [5.74, 6) is -0.110. The molecule has 0 unspecified atom stereocenters. The van der Waals surface area contributed by atoms with Crippen LogP contribution in [-0.2, 0) is 11.3 Å². The molecule has 2 atom stereocenters. The minimum absolute atomic E-state index is 0.110. The minimum atomic E-state index is -0.887. The van der Waals surface area contributed by atoms with Crippen molar-refractivity contribution >= 4 is 17.2 Å². The number of nitrogens with one attached hydrogen (secondary N) is 2. The van der Waals surface area contributed by atoms with E-state index in [1.807, 2.05) is 16.8 Å². The van der Waals surface area contributed by atoms with Gasteiger partial charge in [0.1, 0.15) is 6.17 Å². The fourth-order valence-electron chi connectivity index (χ4n) is 1.60. The van der Waals surface area contributed by atoms with E-state index in [0.29, 0.717) is 6.54 Å². The van der Waals surface area contributed by atoms with Crippen LogP contribution < -0.4 is 10.6 Å². The molecule has 1 amide bonds. The molecule has 3 nitrogen and oxygen atoms in total. The Bertz CT molecular complexity index is 328. The van der Waals surface area contributed by atoms with Crippen LogP contribution in [-0.4, -0.2) is 24.7 Å². The lowest BCUT2D eigenvalue weighted by Crippen LogP contribution is -2.39. The highest BCUT2D eigenvalue weighted by Crippen LogP contribution is 2.10. The first kappa shape index (κ1) is 10.6. The van der Waals surface area contributed by atoms with Gasteiger partial charge >= 0.3 is 0 Å². The predicted octanol–water partition coefficient (Wildman–Crippen LogP) is 1.06. The number of carbonyl (C=O) groups excluding carboxylic acids is 1. The first-order valence-corrected chi connectivity index (χ1v) is 5.86. The molecule has 82 valence electrons. The van der Waals surface area contributed by atoms with Crippen LogP contribution in [0.25, 0.3) is 0 Å². The first-order valence-electron chi connectivity index (χ1n) is 4.92. The molecule has 2 rings (SSSR count). The Morgan fingerprint density at radius 1 is 1.73 bits per heavy atom. The molecule has 0 bridgehead atoms. The molecule has 1 aromatic heterocycles. The van der Waals surface area contributed by atoms with Crippen molar-refractivity contribution in [2.75, 3.05) is 6.54 Å². The Labute approximate surface area is 91.7 Å². The van der Waals surface area contributed by atoms with Gasteiger partial charge in [-0.15, -0.1) is 0 Å². The molecule has 2 heterocycles. The molecule has 0 radical (unpaired) electrons. The minimum Gasteiger partial charge on any atom is -0.351 e. The van der Waals surface area contributed by atoms with Crippen molar-refractivity contribution in [3.8, 4) is 0 Å². The van der Waals surface area contributed by atoms with Crippen molar-refractivity contribution in [1.82, 2.24) is 10.6 Å². The van der Waals surface area contributed by atoms with E-state index in [1.54, 1.807) is 11.3 Å². The molecule has 1 fully saturated rings. The highest BCUT2D eigenvalue weighted by atomic mass is 32.1. The number of rotatable bonds is 3. The fourth-order valence-corrected chi connectivity index (χ4v) is 2.27. The Balaban J connectivity index is 1.78. The number of hydrogen-bond donors (Lipinski definition) is 2. The Morgan fingerprint density at radius 2 is 2.60 bits per heavy atom. The van der Waals surface area contributed by atoms with Crippen molar-refractivity contribution < 1.29 is 9.18 Å². The van der Waals surface area contributed by atoms with E-state index >= 15 is 0 Å². The Morgan fingerprint density at radius 3 is 3.20 bits per heavy atom. The molecule has 0 aromatic carbocycles. The van der Waals surface area contributed by atoms with Crippen LogP contribution in [0.2, 0.25) is 0 Å². The molecule has 5 heteroatoms. The molecule has 2 N–H and O–H groups in total. The van der Waals surface area contributed by atoms with E-state index in [0.717, 1.165) is 5.56 Å². The number of carbonyl (C=O) groups is 1. The highest BCUT2D eigenvalue weighted by Gasteiger charge is 2.28. The van der Waals surface area contributed by atoms with Gasteiger partial charge in [0.05, 0.1) is 6.04 Å². The van der Waals surface area contributed by atoms with Gasteiger partial charge in [-0.25, -0.2) is 4.39 Å². The first-order chi connectivity index (χ1) is 7.25. The number of alkyl halides is 1. The van der Waals surface area contributed by atoms with Crippen LogP contribution in [0, 0.1) is 0 Å². The maximum Gasteiger partial charge on any atom is 0.237 e. The number of thiophene rings is 1. The van der Waals surface area contributed by atoms with E-state index < -0.39 is 6.17 Å². The molecule has 1 aromatic rings. The zero-order valence-corrected chi connectivity index (χ0v) is 9.02. The van der Waals surface area contributed by atoms with Crippen LogP contribution in [0.3, 0.4) is 0 Å².